The molecule has 0 radical (unpaired) electrons. The summed E-state index contributed by atoms with van der Waals surface area (Å²) in [6, 6.07) is 9.02. The fraction of sp³-hybridized carbons (Fsp3) is 0.368. The van der Waals surface area contributed by atoms with Crippen molar-refractivity contribution in [1.29, 1.82) is 0 Å². The molecule has 1 saturated heterocycles. The Morgan fingerprint density at radius 2 is 2.15 bits per heavy atom. The van der Waals surface area contributed by atoms with Crippen molar-refractivity contribution in [1.82, 2.24) is 10.2 Å². The Balaban J connectivity index is 1.50. The van der Waals surface area contributed by atoms with Crippen molar-refractivity contribution in [2.75, 3.05) is 13.2 Å². The molecular weight excluding hydrogens is 416 g/mol. The molecule has 26 heavy (non-hydrogen) atoms. The Morgan fingerprint density at radius 1 is 1.27 bits per heavy atom. The molecule has 2 atom stereocenters. The van der Waals surface area contributed by atoms with Crippen molar-refractivity contribution < 1.29 is 14.3 Å². The number of thiophene rings is 1. The number of rotatable bonds is 3. The third-order valence-electron chi connectivity index (χ3n) is 4.88. The van der Waals surface area contributed by atoms with Crippen LogP contribution in [0.15, 0.2) is 40.2 Å². The summed E-state index contributed by atoms with van der Waals surface area (Å²) in [6.45, 7) is 1.20. The maximum absolute atomic E-state index is 12.9. The summed E-state index contributed by atoms with van der Waals surface area (Å²) in [5.74, 6) is 0.681. The van der Waals surface area contributed by atoms with E-state index in [9.17, 15) is 9.59 Å². The van der Waals surface area contributed by atoms with Crippen molar-refractivity contribution in [2.24, 2.45) is 0 Å². The lowest BCUT2D eigenvalue weighted by atomic mass is 10.00. The van der Waals surface area contributed by atoms with Crippen LogP contribution in [-0.4, -0.2) is 35.9 Å². The predicted octanol–water partition coefficient (Wildman–Crippen LogP) is 3.76. The summed E-state index contributed by atoms with van der Waals surface area (Å²) in [6.07, 6.45) is 2.28. The number of nitrogens with one attached hydrogen (secondary N) is 1. The molecule has 0 spiro atoms. The van der Waals surface area contributed by atoms with Crippen LogP contribution in [0.25, 0.3) is 0 Å². The lowest BCUT2D eigenvalue weighted by Crippen LogP contribution is -2.47. The second-order valence-electron chi connectivity index (χ2n) is 6.51. The van der Waals surface area contributed by atoms with E-state index in [1.54, 1.807) is 4.90 Å². The third kappa shape index (κ3) is 3.38. The van der Waals surface area contributed by atoms with Crippen LogP contribution in [-0.2, 0) is 4.79 Å². The van der Waals surface area contributed by atoms with E-state index in [-0.39, 0.29) is 17.9 Å². The first-order chi connectivity index (χ1) is 12.6. The highest BCUT2D eigenvalue weighted by Crippen LogP contribution is 2.34. The van der Waals surface area contributed by atoms with Gasteiger partial charge in [-0.25, -0.2) is 0 Å². The van der Waals surface area contributed by atoms with Crippen molar-refractivity contribution in [3.05, 3.63) is 50.6 Å². The highest BCUT2D eigenvalue weighted by atomic mass is 79.9. The minimum absolute atomic E-state index is 0.0484. The van der Waals surface area contributed by atoms with Crippen molar-refractivity contribution in [3.63, 3.8) is 0 Å². The van der Waals surface area contributed by atoms with Gasteiger partial charge in [-0.3, -0.25) is 9.59 Å². The number of benzene rings is 1. The number of likely N-dealkylation sites (tertiary alicyclic amines) is 1. The minimum atomic E-state index is -0.400. The fourth-order valence-corrected chi connectivity index (χ4v) is 4.67. The van der Waals surface area contributed by atoms with E-state index in [4.69, 9.17) is 4.74 Å². The molecule has 1 aromatic carbocycles. The van der Waals surface area contributed by atoms with E-state index >= 15 is 0 Å². The number of carbonyl (C=O) groups is 2. The standard InChI is InChI=1S/C19H19BrN2O3S/c20-12-5-6-16-13(11-12)14(7-9-25-16)21-18(23)15-3-1-8-22(15)19(24)17-4-2-10-26-17/h2,4-6,10-11,14-15H,1,3,7-9H2,(H,21,23)/t14?,15-/m0/s1. The van der Waals surface area contributed by atoms with Crippen LogP contribution in [0, 0.1) is 0 Å². The maximum atomic E-state index is 12.9. The van der Waals surface area contributed by atoms with E-state index < -0.39 is 6.04 Å². The molecule has 136 valence electrons. The molecule has 7 heteroatoms. The number of fused-ring (bicyclic) bond motifs is 1. The van der Waals surface area contributed by atoms with Gasteiger partial charge in [0.25, 0.3) is 5.91 Å². The Labute approximate surface area is 164 Å². The summed E-state index contributed by atoms with van der Waals surface area (Å²) in [7, 11) is 0. The highest BCUT2D eigenvalue weighted by molar-refractivity contribution is 9.10. The largest absolute Gasteiger partial charge is 0.493 e. The maximum Gasteiger partial charge on any atom is 0.264 e. The van der Waals surface area contributed by atoms with Crippen LogP contribution in [0.5, 0.6) is 5.75 Å². The highest BCUT2D eigenvalue weighted by Gasteiger charge is 2.36. The summed E-state index contributed by atoms with van der Waals surface area (Å²) in [5.41, 5.74) is 0.980. The van der Waals surface area contributed by atoms with Gasteiger partial charge in [0.2, 0.25) is 5.91 Å². The van der Waals surface area contributed by atoms with Crippen molar-refractivity contribution in [3.8, 4) is 5.75 Å². The second-order valence-corrected chi connectivity index (χ2v) is 8.38. The number of carbonyl (C=O) groups excluding carboxylic acids is 2. The van der Waals surface area contributed by atoms with E-state index in [0.717, 1.165) is 28.6 Å². The number of hydrogen-bond donors (Lipinski definition) is 1. The molecule has 2 amide bonds. The van der Waals surface area contributed by atoms with Crippen LogP contribution in [0.3, 0.4) is 0 Å². The molecule has 4 rings (SSSR count). The zero-order valence-electron chi connectivity index (χ0n) is 14.1. The van der Waals surface area contributed by atoms with Gasteiger partial charge in [-0.05, 0) is 42.5 Å². The topological polar surface area (TPSA) is 58.6 Å². The van der Waals surface area contributed by atoms with Crippen LogP contribution < -0.4 is 10.1 Å². The lowest BCUT2D eigenvalue weighted by molar-refractivity contribution is -0.125. The fourth-order valence-electron chi connectivity index (χ4n) is 3.61. The van der Waals surface area contributed by atoms with Crippen molar-refractivity contribution in [2.45, 2.75) is 31.3 Å². The zero-order chi connectivity index (χ0) is 18.1. The van der Waals surface area contributed by atoms with E-state index in [1.165, 1.54) is 11.3 Å². The lowest BCUT2D eigenvalue weighted by Gasteiger charge is -2.30. The number of hydrogen-bond acceptors (Lipinski definition) is 4. The van der Waals surface area contributed by atoms with Crippen LogP contribution in [0.2, 0.25) is 0 Å². The summed E-state index contributed by atoms with van der Waals surface area (Å²) >= 11 is 4.90. The first-order valence-electron chi connectivity index (χ1n) is 8.70. The van der Waals surface area contributed by atoms with E-state index in [1.807, 2.05) is 35.7 Å². The van der Waals surface area contributed by atoms with Gasteiger partial charge in [-0.15, -0.1) is 11.3 Å². The van der Waals surface area contributed by atoms with E-state index in [0.29, 0.717) is 24.4 Å². The zero-order valence-corrected chi connectivity index (χ0v) is 16.5. The van der Waals surface area contributed by atoms with E-state index in [2.05, 4.69) is 21.2 Å². The third-order valence-corrected chi connectivity index (χ3v) is 6.23. The average Bonchev–Trinajstić information content (AvgIpc) is 3.33. The normalized spacial score (nSPS) is 21.8. The molecule has 2 aliphatic rings. The van der Waals surface area contributed by atoms with Gasteiger partial charge in [0, 0.05) is 23.0 Å². The molecule has 2 aromatic rings. The minimum Gasteiger partial charge on any atom is -0.493 e. The molecule has 1 unspecified atom stereocenters. The molecule has 1 fully saturated rings. The van der Waals surface area contributed by atoms with Gasteiger partial charge >= 0.3 is 0 Å². The monoisotopic (exact) mass is 434 g/mol. The molecule has 5 nitrogen and oxygen atoms in total. The second kappa shape index (κ2) is 7.40. The van der Waals surface area contributed by atoms with Crippen LogP contribution >= 0.6 is 27.3 Å². The Kier molecular flexibility index (Phi) is 5.00. The molecule has 0 aliphatic carbocycles. The van der Waals surface area contributed by atoms with Crippen LogP contribution in [0.4, 0.5) is 0 Å². The summed E-state index contributed by atoms with van der Waals surface area (Å²) in [4.78, 5) is 28.0. The quantitative estimate of drug-likeness (QED) is 0.799. The first-order valence-corrected chi connectivity index (χ1v) is 10.4. The van der Waals surface area contributed by atoms with Gasteiger partial charge in [0.05, 0.1) is 17.5 Å². The molecule has 3 heterocycles. The molecule has 0 bridgehead atoms. The number of halogens is 1. The molecule has 1 aromatic heterocycles. The summed E-state index contributed by atoms with van der Waals surface area (Å²) in [5, 5.41) is 5.03. The smallest absolute Gasteiger partial charge is 0.264 e. The van der Waals surface area contributed by atoms with Crippen LogP contribution in [0.1, 0.15) is 40.5 Å². The molecule has 1 N–H and O–H groups in total. The molecule has 2 aliphatic heterocycles. The molecule has 0 saturated carbocycles. The predicted molar refractivity (Wildman–Crippen MR) is 104 cm³/mol. The van der Waals surface area contributed by atoms with Gasteiger partial charge < -0.3 is 15.0 Å². The average molecular weight is 435 g/mol. The molecular formula is C19H19BrN2O3S. The van der Waals surface area contributed by atoms with Crippen molar-refractivity contribution >= 4 is 39.1 Å². The summed E-state index contributed by atoms with van der Waals surface area (Å²) < 4.78 is 6.64. The Bertz CT molecular complexity index is 824. The SMILES string of the molecule is O=C(NC1CCOc2ccc(Br)cc21)[C@@H]1CCCN1C(=O)c1cccs1. The number of nitrogens with zero attached hydrogens (tertiary/aromatic N) is 1. The first kappa shape index (κ1) is 17.5. The number of ether oxygens (including phenoxy) is 1. The van der Waals surface area contributed by atoms with Gasteiger partial charge in [0.15, 0.2) is 0 Å². The van der Waals surface area contributed by atoms with Gasteiger partial charge in [0.1, 0.15) is 11.8 Å². The van der Waals surface area contributed by atoms with Gasteiger partial charge in [-0.2, -0.15) is 0 Å². The number of amides is 2. The Morgan fingerprint density at radius 3 is 2.96 bits per heavy atom. The Hall–Kier alpha value is -1.86. The van der Waals surface area contributed by atoms with Gasteiger partial charge in [-0.1, -0.05) is 22.0 Å².